The largest absolute Gasteiger partial charge is 0.476 e. The summed E-state index contributed by atoms with van der Waals surface area (Å²) in [5, 5.41) is 8.76. The maximum Gasteiger partial charge on any atom is 0.356 e. The topological polar surface area (TPSA) is 105 Å². The maximum absolute atomic E-state index is 12.2. The van der Waals surface area contributed by atoms with Crippen LogP contribution in [0.1, 0.15) is 36.7 Å². The summed E-state index contributed by atoms with van der Waals surface area (Å²) in [5.41, 5.74) is -0.0532. The SMILES string of the molecule is CC1CCCCN1S(=O)(=O)NCCn1cnc(C(=O)O)c1. The normalized spacial score (nSPS) is 20.5. The summed E-state index contributed by atoms with van der Waals surface area (Å²) in [6.07, 6.45) is 5.57. The molecule has 0 amide bonds. The first-order chi connectivity index (χ1) is 9.90. The number of carboxylic acids is 1. The molecule has 1 atom stereocenters. The molecule has 2 heterocycles. The fourth-order valence-electron chi connectivity index (χ4n) is 2.41. The van der Waals surface area contributed by atoms with E-state index in [1.54, 1.807) is 4.57 Å². The molecule has 1 aliphatic rings. The summed E-state index contributed by atoms with van der Waals surface area (Å²) in [7, 11) is -3.48. The van der Waals surface area contributed by atoms with Crippen LogP contribution in [-0.4, -0.2) is 52.5 Å². The van der Waals surface area contributed by atoms with Gasteiger partial charge in [-0.1, -0.05) is 6.42 Å². The Morgan fingerprint density at radius 2 is 2.29 bits per heavy atom. The molecule has 1 fully saturated rings. The summed E-state index contributed by atoms with van der Waals surface area (Å²) < 4.78 is 30.0. The molecule has 0 bridgehead atoms. The van der Waals surface area contributed by atoms with Gasteiger partial charge in [0.05, 0.1) is 6.33 Å². The lowest BCUT2D eigenvalue weighted by Gasteiger charge is -2.32. The fraction of sp³-hybridized carbons (Fsp3) is 0.667. The molecule has 1 aromatic heterocycles. The summed E-state index contributed by atoms with van der Waals surface area (Å²) in [5.74, 6) is -1.10. The quantitative estimate of drug-likeness (QED) is 0.785. The average Bonchev–Trinajstić information content (AvgIpc) is 2.88. The molecule has 1 saturated heterocycles. The molecular weight excluding hydrogens is 296 g/mol. The van der Waals surface area contributed by atoms with E-state index >= 15 is 0 Å². The number of nitrogens with one attached hydrogen (secondary N) is 1. The number of nitrogens with zero attached hydrogens (tertiary/aromatic N) is 3. The summed E-state index contributed by atoms with van der Waals surface area (Å²) in [4.78, 5) is 14.4. The Morgan fingerprint density at radius 1 is 1.52 bits per heavy atom. The second-order valence-corrected chi connectivity index (χ2v) is 6.86. The zero-order valence-electron chi connectivity index (χ0n) is 11.9. The van der Waals surface area contributed by atoms with Crippen molar-refractivity contribution in [3.05, 3.63) is 18.2 Å². The van der Waals surface area contributed by atoms with E-state index in [-0.39, 0.29) is 18.3 Å². The molecule has 118 valence electrons. The highest BCUT2D eigenvalue weighted by Gasteiger charge is 2.28. The first-order valence-corrected chi connectivity index (χ1v) is 8.35. The lowest BCUT2D eigenvalue weighted by molar-refractivity contribution is 0.0691. The van der Waals surface area contributed by atoms with Crippen molar-refractivity contribution in [2.45, 2.75) is 38.8 Å². The molecule has 0 aliphatic carbocycles. The molecule has 1 aromatic rings. The van der Waals surface area contributed by atoms with Crippen LogP contribution in [0.4, 0.5) is 0 Å². The van der Waals surface area contributed by atoms with Gasteiger partial charge in [-0.25, -0.2) is 14.5 Å². The van der Waals surface area contributed by atoms with E-state index in [0.717, 1.165) is 19.3 Å². The molecule has 0 spiro atoms. The van der Waals surface area contributed by atoms with Crippen LogP contribution in [0.5, 0.6) is 0 Å². The minimum absolute atomic E-state index is 0.0168. The van der Waals surface area contributed by atoms with Gasteiger partial charge >= 0.3 is 5.97 Å². The number of rotatable bonds is 6. The number of carbonyl (C=O) groups is 1. The van der Waals surface area contributed by atoms with Gasteiger partial charge in [0.25, 0.3) is 10.2 Å². The van der Waals surface area contributed by atoms with Crippen LogP contribution in [0.25, 0.3) is 0 Å². The number of piperidine rings is 1. The van der Waals surface area contributed by atoms with Crippen molar-refractivity contribution in [2.75, 3.05) is 13.1 Å². The van der Waals surface area contributed by atoms with Crippen molar-refractivity contribution in [2.24, 2.45) is 0 Å². The third-order valence-electron chi connectivity index (χ3n) is 3.56. The van der Waals surface area contributed by atoms with Crippen molar-refractivity contribution in [3.8, 4) is 0 Å². The van der Waals surface area contributed by atoms with E-state index in [2.05, 4.69) is 9.71 Å². The molecular formula is C12H20N4O4S. The molecule has 9 heteroatoms. The molecule has 1 unspecified atom stereocenters. The van der Waals surface area contributed by atoms with Crippen LogP contribution in [0, 0.1) is 0 Å². The fourth-order valence-corrected chi connectivity index (χ4v) is 3.87. The van der Waals surface area contributed by atoms with E-state index in [4.69, 9.17) is 5.11 Å². The molecule has 8 nitrogen and oxygen atoms in total. The number of aromatic nitrogens is 2. The molecule has 2 N–H and O–H groups in total. The molecule has 0 saturated carbocycles. The van der Waals surface area contributed by atoms with Crippen molar-refractivity contribution in [3.63, 3.8) is 0 Å². The summed E-state index contributed by atoms with van der Waals surface area (Å²) in [6, 6.07) is 0.0168. The Labute approximate surface area is 124 Å². The monoisotopic (exact) mass is 316 g/mol. The predicted molar refractivity (Wildman–Crippen MR) is 76.1 cm³/mol. The minimum Gasteiger partial charge on any atom is -0.476 e. The zero-order chi connectivity index (χ0) is 15.5. The summed E-state index contributed by atoms with van der Waals surface area (Å²) in [6.45, 7) is 2.99. The second kappa shape index (κ2) is 6.54. The Balaban J connectivity index is 1.87. The number of hydrogen-bond donors (Lipinski definition) is 2. The lowest BCUT2D eigenvalue weighted by atomic mass is 10.1. The van der Waals surface area contributed by atoms with E-state index in [9.17, 15) is 13.2 Å². The van der Waals surface area contributed by atoms with Gasteiger partial charge in [0.1, 0.15) is 0 Å². The smallest absolute Gasteiger partial charge is 0.356 e. The minimum atomic E-state index is -3.48. The molecule has 2 rings (SSSR count). The van der Waals surface area contributed by atoms with Crippen molar-refractivity contribution in [1.82, 2.24) is 18.6 Å². The highest BCUT2D eigenvalue weighted by molar-refractivity contribution is 7.87. The Bertz CT molecular complexity index is 598. The van der Waals surface area contributed by atoms with Crippen molar-refractivity contribution >= 4 is 16.2 Å². The molecule has 0 radical (unpaired) electrons. The Morgan fingerprint density at radius 3 is 2.90 bits per heavy atom. The van der Waals surface area contributed by atoms with Crippen LogP contribution in [0.15, 0.2) is 12.5 Å². The highest BCUT2D eigenvalue weighted by Crippen LogP contribution is 2.18. The van der Waals surface area contributed by atoms with E-state index < -0.39 is 16.2 Å². The summed E-state index contributed by atoms with van der Waals surface area (Å²) >= 11 is 0. The number of hydrogen-bond acceptors (Lipinski definition) is 4. The van der Waals surface area contributed by atoms with Gasteiger partial charge in [0, 0.05) is 31.9 Å². The molecule has 21 heavy (non-hydrogen) atoms. The van der Waals surface area contributed by atoms with Gasteiger partial charge in [-0.2, -0.15) is 12.7 Å². The Hall–Kier alpha value is -1.45. The maximum atomic E-state index is 12.2. The van der Waals surface area contributed by atoms with Gasteiger partial charge < -0.3 is 9.67 Å². The van der Waals surface area contributed by atoms with E-state index in [1.807, 2.05) is 6.92 Å². The van der Waals surface area contributed by atoms with Crippen LogP contribution in [0.3, 0.4) is 0 Å². The average molecular weight is 316 g/mol. The van der Waals surface area contributed by atoms with Gasteiger partial charge in [-0.15, -0.1) is 0 Å². The predicted octanol–water partition coefficient (Wildman–Crippen LogP) is 0.290. The number of carboxylic acid groups (broad SMARTS) is 1. The standard InChI is InChI=1S/C12H20N4O4S/c1-10-4-2-3-6-16(10)21(19,20)14-5-7-15-8-11(12(17)18)13-9-15/h8-10,14H,2-7H2,1H3,(H,17,18). The molecule has 0 aromatic carbocycles. The second-order valence-electron chi connectivity index (χ2n) is 5.16. The van der Waals surface area contributed by atoms with Crippen molar-refractivity contribution in [1.29, 1.82) is 0 Å². The van der Waals surface area contributed by atoms with E-state index in [0.29, 0.717) is 13.1 Å². The number of aromatic carboxylic acids is 1. The van der Waals surface area contributed by atoms with Gasteiger partial charge in [0.15, 0.2) is 5.69 Å². The first kappa shape index (κ1) is 15.9. The van der Waals surface area contributed by atoms with E-state index in [1.165, 1.54) is 16.8 Å². The lowest BCUT2D eigenvalue weighted by Crippen LogP contribution is -2.48. The highest BCUT2D eigenvalue weighted by atomic mass is 32.2. The van der Waals surface area contributed by atoms with Crippen LogP contribution >= 0.6 is 0 Å². The molecule has 1 aliphatic heterocycles. The van der Waals surface area contributed by atoms with Crippen molar-refractivity contribution < 1.29 is 18.3 Å². The third-order valence-corrected chi connectivity index (χ3v) is 5.29. The zero-order valence-corrected chi connectivity index (χ0v) is 12.7. The van der Waals surface area contributed by atoms with Crippen LogP contribution in [0.2, 0.25) is 0 Å². The van der Waals surface area contributed by atoms with Gasteiger partial charge in [-0.05, 0) is 19.8 Å². The third kappa shape index (κ3) is 4.02. The van der Waals surface area contributed by atoms with Crippen LogP contribution < -0.4 is 4.72 Å². The van der Waals surface area contributed by atoms with Gasteiger partial charge in [0.2, 0.25) is 0 Å². The number of imidazole rings is 1. The Kier molecular flexibility index (Phi) is 4.96. The van der Waals surface area contributed by atoms with Crippen LogP contribution in [-0.2, 0) is 16.8 Å². The van der Waals surface area contributed by atoms with Gasteiger partial charge in [-0.3, -0.25) is 0 Å². The first-order valence-electron chi connectivity index (χ1n) is 6.91.